The van der Waals surface area contributed by atoms with Gasteiger partial charge < -0.3 is 9.73 Å². The molecule has 31 heavy (non-hydrogen) atoms. The topological polar surface area (TPSA) is 98.7 Å². The highest BCUT2D eigenvalue weighted by atomic mass is 19.3. The van der Waals surface area contributed by atoms with Crippen LogP contribution in [0.4, 0.5) is 18.9 Å². The highest BCUT2D eigenvalue weighted by Gasteiger charge is 2.18. The van der Waals surface area contributed by atoms with Gasteiger partial charge in [-0.3, -0.25) is 4.79 Å². The maximum Gasteiger partial charge on any atom is 0.314 e. The van der Waals surface area contributed by atoms with Crippen LogP contribution in [-0.4, -0.2) is 31.1 Å². The zero-order valence-electron chi connectivity index (χ0n) is 16.1. The molecular formula is C20H15F3N6O2. The third kappa shape index (κ3) is 4.60. The second-order valence-electron chi connectivity index (χ2n) is 6.62. The van der Waals surface area contributed by atoms with Crippen molar-refractivity contribution in [2.24, 2.45) is 0 Å². The molecule has 4 rings (SSSR count). The minimum absolute atomic E-state index is 0.0939. The number of hydrogen-bond donors (Lipinski definition) is 1. The quantitative estimate of drug-likeness (QED) is 0.497. The van der Waals surface area contributed by atoms with Gasteiger partial charge >= 0.3 is 6.43 Å². The molecule has 0 radical (unpaired) electrons. The summed E-state index contributed by atoms with van der Waals surface area (Å²) < 4.78 is 46.0. The minimum atomic E-state index is -2.90. The molecule has 0 unspecified atom stereocenters. The molecule has 0 aliphatic carbocycles. The van der Waals surface area contributed by atoms with Gasteiger partial charge in [0.05, 0.1) is 12.7 Å². The molecule has 0 aliphatic heterocycles. The van der Waals surface area contributed by atoms with E-state index < -0.39 is 18.1 Å². The molecule has 0 bridgehead atoms. The van der Waals surface area contributed by atoms with Crippen LogP contribution in [0.5, 0.6) is 0 Å². The molecule has 0 saturated carbocycles. The van der Waals surface area contributed by atoms with Crippen LogP contribution < -0.4 is 5.32 Å². The molecule has 8 nitrogen and oxygen atoms in total. The molecule has 0 spiro atoms. The van der Waals surface area contributed by atoms with Crippen LogP contribution >= 0.6 is 0 Å². The first kappa shape index (κ1) is 20.3. The third-order valence-electron chi connectivity index (χ3n) is 4.28. The number of anilines is 1. The summed E-state index contributed by atoms with van der Waals surface area (Å²) in [6.45, 7) is 1.51. The van der Waals surface area contributed by atoms with Gasteiger partial charge in [0.1, 0.15) is 11.5 Å². The SMILES string of the molecule is CC(=O)Nc1cccc(-c2cn(Cc3ccc(-c4nnc(C(F)F)o4)cc3F)nn2)c1. The monoisotopic (exact) mass is 428 g/mol. The second kappa shape index (κ2) is 8.38. The van der Waals surface area contributed by atoms with Crippen molar-refractivity contribution in [3.8, 4) is 22.7 Å². The van der Waals surface area contributed by atoms with E-state index in [2.05, 4.69) is 25.8 Å². The van der Waals surface area contributed by atoms with E-state index in [9.17, 15) is 18.0 Å². The lowest BCUT2D eigenvalue weighted by molar-refractivity contribution is -0.114. The number of rotatable bonds is 6. The van der Waals surface area contributed by atoms with Gasteiger partial charge in [0.2, 0.25) is 11.8 Å². The Morgan fingerprint density at radius 1 is 1.13 bits per heavy atom. The van der Waals surface area contributed by atoms with Crippen molar-refractivity contribution in [3.05, 3.63) is 65.9 Å². The molecule has 158 valence electrons. The summed E-state index contributed by atoms with van der Waals surface area (Å²) in [5.41, 5.74) is 2.40. The van der Waals surface area contributed by atoms with E-state index in [1.165, 1.54) is 23.7 Å². The lowest BCUT2D eigenvalue weighted by Crippen LogP contribution is -2.05. The summed E-state index contributed by atoms with van der Waals surface area (Å²) in [6, 6.07) is 11.2. The molecule has 0 fully saturated rings. The minimum Gasteiger partial charge on any atom is -0.415 e. The van der Waals surface area contributed by atoms with Gasteiger partial charge in [0.25, 0.3) is 5.89 Å². The number of nitrogens with one attached hydrogen (secondary N) is 1. The normalized spacial score (nSPS) is 11.1. The predicted molar refractivity (Wildman–Crippen MR) is 104 cm³/mol. The zero-order valence-corrected chi connectivity index (χ0v) is 16.1. The molecule has 0 saturated heterocycles. The highest BCUT2D eigenvalue weighted by molar-refractivity contribution is 5.89. The number of halogens is 3. The molecule has 2 heterocycles. The number of alkyl halides is 2. The van der Waals surface area contributed by atoms with Crippen molar-refractivity contribution >= 4 is 11.6 Å². The number of benzene rings is 2. The van der Waals surface area contributed by atoms with Crippen LogP contribution in [0.15, 0.2) is 53.1 Å². The van der Waals surface area contributed by atoms with E-state index in [-0.39, 0.29) is 23.9 Å². The molecule has 11 heteroatoms. The number of aromatic nitrogens is 5. The second-order valence-corrected chi connectivity index (χ2v) is 6.62. The molecule has 0 aliphatic rings. The predicted octanol–water partition coefficient (Wildman–Crippen LogP) is 4.08. The Hall–Kier alpha value is -4.02. The fraction of sp³-hybridized carbons (Fsp3) is 0.150. The van der Waals surface area contributed by atoms with Crippen molar-refractivity contribution in [1.29, 1.82) is 0 Å². The van der Waals surface area contributed by atoms with E-state index in [0.29, 0.717) is 16.9 Å². The van der Waals surface area contributed by atoms with E-state index >= 15 is 0 Å². The number of amides is 1. The van der Waals surface area contributed by atoms with E-state index in [1.54, 1.807) is 24.4 Å². The van der Waals surface area contributed by atoms with Gasteiger partial charge in [-0.05, 0) is 24.3 Å². The Bertz CT molecular complexity index is 1240. The summed E-state index contributed by atoms with van der Waals surface area (Å²) >= 11 is 0. The van der Waals surface area contributed by atoms with Crippen LogP contribution in [0.1, 0.15) is 24.8 Å². The largest absolute Gasteiger partial charge is 0.415 e. The summed E-state index contributed by atoms with van der Waals surface area (Å²) in [6.07, 6.45) is -1.25. The van der Waals surface area contributed by atoms with Crippen LogP contribution in [0.25, 0.3) is 22.7 Å². The average Bonchev–Trinajstić information content (AvgIpc) is 3.39. The summed E-state index contributed by atoms with van der Waals surface area (Å²) in [4.78, 5) is 11.2. The fourth-order valence-corrected chi connectivity index (χ4v) is 2.89. The molecule has 0 atom stereocenters. The van der Waals surface area contributed by atoms with Gasteiger partial charge in [-0.1, -0.05) is 23.4 Å². The highest BCUT2D eigenvalue weighted by Crippen LogP contribution is 2.25. The van der Waals surface area contributed by atoms with Crippen molar-refractivity contribution in [2.75, 3.05) is 5.32 Å². The van der Waals surface area contributed by atoms with Gasteiger partial charge in [-0.25, -0.2) is 9.07 Å². The van der Waals surface area contributed by atoms with Crippen molar-refractivity contribution in [3.63, 3.8) is 0 Å². The Balaban J connectivity index is 1.51. The molecule has 4 aromatic rings. The zero-order chi connectivity index (χ0) is 22.0. The molecule has 1 amide bonds. The van der Waals surface area contributed by atoms with E-state index in [0.717, 1.165) is 11.6 Å². The van der Waals surface area contributed by atoms with Crippen LogP contribution in [0.2, 0.25) is 0 Å². The number of carbonyl (C=O) groups is 1. The number of carbonyl (C=O) groups excluding carboxylic acids is 1. The van der Waals surface area contributed by atoms with E-state index in [1.807, 2.05) is 6.07 Å². The van der Waals surface area contributed by atoms with Crippen molar-refractivity contribution in [1.82, 2.24) is 25.2 Å². The van der Waals surface area contributed by atoms with Crippen LogP contribution in [-0.2, 0) is 11.3 Å². The van der Waals surface area contributed by atoms with Gasteiger partial charge in [-0.2, -0.15) is 8.78 Å². The first-order chi connectivity index (χ1) is 14.9. The van der Waals surface area contributed by atoms with Crippen LogP contribution in [0.3, 0.4) is 0 Å². The average molecular weight is 428 g/mol. The third-order valence-corrected chi connectivity index (χ3v) is 4.28. The summed E-state index contributed by atoms with van der Waals surface area (Å²) in [5.74, 6) is -1.79. The Kier molecular flexibility index (Phi) is 5.48. The Labute approximate surface area is 173 Å². The number of nitrogens with zero attached hydrogens (tertiary/aromatic N) is 5. The van der Waals surface area contributed by atoms with E-state index in [4.69, 9.17) is 4.42 Å². The first-order valence-electron chi connectivity index (χ1n) is 9.07. The molecular weight excluding hydrogens is 413 g/mol. The molecule has 1 N–H and O–H groups in total. The first-order valence-corrected chi connectivity index (χ1v) is 9.07. The Morgan fingerprint density at radius 3 is 2.68 bits per heavy atom. The lowest BCUT2D eigenvalue weighted by Gasteiger charge is -2.05. The maximum atomic E-state index is 14.6. The summed E-state index contributed by atoms with van der Waals surface area (Å²) in [7, 11) is 0. The smallest absolute Gasteiger partial charge is 0.314 e. The van der Waals surface area contributed by atoms with Gasteiger partial charge in [0, 0.05) is 29.3 Å². The standard InChI is InChI=1S/C20H15F3N6O2/c1-11(30)24-15-4-2-3-12(7-15)17-10-29(28-25-17)9-14-6-5-13(8-16(14)21)19-26-27-20(31-19)18(22)23/h2-8,10,18H,9H2,1H3,(H,24,30). The van der Waals surface area contributed by atoms with Gasteiger partial charge in [-0.15, -0.1) is 15.3 Å². The molecule has 2 aromatic heterocycles. The lowest BCUT2D eigenvalue weighted by atomic mass is 10.1. The fourth-order valence-electron chi connectivity index (χ4n) is 2.89. The van der Waals surface area contributed by atoms with Gasteiger partial charge in [0.15, 0.2) is 0 Å². The summed E-state index contributed by atoms with van der Waals surface area (Å²) in [5, 5.41) is 17.5. The number of hydrogen-bond acceptors (Lipinski definition) is 6. The molecule has 2 aromatic carbocycles. The Morgan fingerprint density at radius 2 is 1.97 bits per heavy atom. The van der Waals surface area contributed by atoms with Crippen molar-refractivity contribution < 1.29 is 22.4 Å². The maximum absolute atomic E-state index is 14.6. The van der Waals surface area contributed by atoms with Crippen LogP contribution in [0, 0.1) is 5.82 Å². The van der Waals surface area contributed by atoms with Crippen molar-refractivity contribution in [2.45, 2.75) is 19.9 Å².